The molecule has 0 aliphatic rings. The quantitative estimate of drug-likeness (QED) is 0.580. The first kappa shape index (κ1) is 8.87. The van der Waals surface area contributed by atoms with Crippen LogP contribution in [0.4, 0.5) is 11.4 Å². The van der Waals surface area contributed by atoms with Gasteiger partial charge in [-0.25, -0.2) is 0 Å². The number of aliphatic hydroxyl groups is 1. The Morgan fingerprint density at radius 2 is 2.08 bits per heavy atom. The number of aliphatic hydroxyl groups excluding tert-OH is 1. The zero-order valence-corrected chi connectivity index (χ0v) is 7.12. The second-order valence-electron chi connectivity index (χ2n) is 2.81. The van der Waals surface area contributed by atoms with Crippen molar-refractivity contribution in [2.45, 2.75) is 19.4 Å². The Kier molecular flexibility index (Phi) is 2.55. The standard InChI is InChI=1S/C9H14N2O/c1-2-9(12)7-4-3-6(10)5-8(7)11/h3-5,9,12H,2,10-11H2,1H3. The summed E-state index contributed by atoms with van der Waals surface area (Å²) in [7, 11) is 0. The van der Waals surface area contributed by atoms with Crippen LogP contribution in [0.3, 0.4) is 0 Å². The van der Waals surface area contributed by atoms with Crippen LogP contribution < -0.4 is 11.5 Å². The van der Waals surface area contributed by atoms with Crippen molar-refractivity contribution in [3.63, 3.8) is 0 Å². The third-order valence-electron chi connectivity index (χ3n) is 1.86. The van der Waals surface area contributed by atoms with Crippen molar-refractivity contribution in [1.82, 2.24) is 0 Å². The van der Waals surface area contributed by atoms with Gasteiger partial charge in [0, 0.05) is 16.9 Å². The molecule has 0 heterocycles. The molecule has 0 aliphatic heterocycles. The second kappa shape index (κ2) is 3.45. The monoisotopic (exact) mass is 166 g/mol. The SMILES string of the molecule is CCC(O)c1ccc(N)cc1N. The van der Waals surface area contributed by atoms with E-state index in [4.69, 9.17) is 11.5 Å². The average molecular weight is 166 g/mol. The van der Waals surface area contributed by atoms with Crippen molar-refractivity contribution in [3.05, 3.63) is 23.8 Å². The van der Waals surface area contributed by atoms with Crippen LogP contribution in [0, 0.1) is 0 Å². The predicted octanol–water partition coefficient (Wildman–Crippen LogP) is 1.29. The molecule has 1 atom stereocenters. The molecular formula is C9H14N2O. The van der Waals surface area contributed by atoms with Gasteiger partial charge in [0.15, 0.2) is 0 Å². The molecule has 3 heteroatoms. The van der Waals surface area contributed by atoms with E-state index < -0.39 is 6.10 Å². The Morgan fingerprint density at radius 3 is 2.58 bits per heavy atom. The van der Waals surface area contributed by atoms with Crippen LogP contribution in [-0.2, 0) is 0 Å². The summed E-state index contributed by atoms with van der Waals surface area (Å²) in [6, 6.07) is 5.16. The molecule has 1 aromatic carbocycles. The number of nitrogen functional groups attached to an aromatic ring is 2. The van der Waals surface area contributed by atoms with Crippen molar-refractivity contribution in [1.29, 1.82) is 0 Å². The van der Waals surface area contributed by atoms with E-state index in [1.165, 1.54) is 0 Å². The molecule has 0 aliphatic carbocycles. The highest BCUT2D eigenvalue weighted by atomic mass is 16.3. The third-order valence-corrected chi connectivity index (χ3v) is 1.86. The van der Waals surface area contributed by atoms with Gasteiger partial charge in [0.25, 0.3) is 0 Å². The molecule has 0 fully saturated rings. The number of anilines is 2. The van der Waals surface area contributed by atoms with Crippen LogP contribution in [0.1, 0.15) is 25.0 Å². The topological polar surface area (TPSA) is 72.3 Å². The van der Waals surface area contributed by atoms with E-state index in [1.807, 2.05) is 6.92 Å². The summed E-state index contributed by atoms with van der Waals surface area (Å²) in [5, 5.41) is 9.48. The second-order valence-corrected chi connectivity index (χ2v) is 2.81. The molecule has 3 nitrogen and oxygen atoms in total. The van der Waals surface area contributed by atoms with E-state index >= 15 is 0 Å². The Morgan fingerprint density at radius 1 is 1.42 bits per heavy atom. The molecule has 5 N–H and O–H groups in total. The molecular weight excluding hydrogens is 152 g/mol. The molecule has 0 radical (unpaired) electrons. The predicted molar refractivity (Wildman–Crippen MR) is 50.5 cm³/mol. The van der Waals surface area contributed by atoms with Gasteiger partial charge < -0.3 is 16.6 Å². The van der Waals surface area contributed by atoms with Gasteiger partial charge in [0.2, 0.25) is 0 Å². The summed E-state index contributed by atoms with van der Waals surface area (Å²) in [4.78, 5) is 0. The Labute approximate surface area is 72.0 Å². The Balaban J connectivity index is 3.01. The summed E-state index contributed by atoms with van der Waals surface area (Å²) < 4.78 is 0. The number of hydrogen-bond donors (Lipinski definition) is 3. The fourth-order valence-corrected chi connectivity index (χ4v) is 1.12. The maximum Gasteiger partial charge on any atom is 0.0807 e. The van der Waals surface area contributed by atoms with Crippen molar-refractivity contribution >= 4 is 11.4 Å². The van der Waals surface area contributed by atoms with E-state index in [1.54, 1.807) is 18.2 Å². The van der Waals surface area contributed by atoms with Gasteiger partial charge in [-0.3, -0.25) is 0 Å². The molecule has 0 aromatic heterocycles. The van der Waals surface area contributed by atoms with Gasteiger partial charge in [-0.1, -0.05) is 13.0 Å². The zero-order chi connectivity index (χ0) is 9.14. The van der Waals surface area contributed by atoms with E-state index in [-0.39, 0.29) is 0 Å². The highest BCUT2D eigenvalue weighted by Gasteiger charge is 2.07. The molecule has 66 valence electrons. The molecule has 1 unspecified atom stereocenters. The summed E-state index contributed by atoms with van der Waals surface area (Å²) in [5.41, 5.74) is 13.1. The van der Waals surface area contributed by atoms with Crippen LogP contribution in [0.15, 0.2) is 18.2 Å². The molecule has 0 bridgehead atoms. The van der Waals surface area contributed by atoms with Crippen LogP contribution in [-0.4, -0.2) is 5.11 Å². The fraction of sp³-hybridized carbons (Fsp3) is 0.333. The minimum atomic E-state index is -0.481. The molecule has 12 heavy (non-hydrogen) atoms. The first-order chi connectivity index (χ1) is 5.65. The molecule has 1 rings (SSSR count). The van der Waals surface area contributed by atoms with Crippen molar-refractivity contribution in [2.75, 3.05) is 11.5 Å². The molecule has 0 spiro atoms. The van der Waals surface area contributed by atoms with Crippen molar-refractivity contribution < 1.29 is 5.11 Å². The normalized spacial score (nSPS) is 12.8. The van der Waals surface area contributed by atoms with E-state index in [9.17, 15) is 5.11 Å². The fourth-order valence-electron chi connectivity index (χ4n) is 1.12. The third kappa shape index (κ3) is 1.68. The number of nitrogens with two attached hydrogens (primary N) is 2. The van der Waals surface area contributed by atoms with Gasteiger partial charge in [-0.2, -0.15) is 0 Å². The average Bonchev–Trinajstić information content (AvgIpc) is 2.03. The lowest BCUT2D eigenvalue weighted by Gasteiger charge is -2.11. The van der Waals surface area contributed by atoms with E-state index in [0.29, 0.717) is 17.8 Å². The van der Waals surface area contributed by atoms with Crippen molar-refractivity contribution in [3.8, 4) is 0 Å². The highest BCUT2D eigenvalue weighted by molar-refractivity contribution is 5.57. The smallest absolute Gasteiger partial charge is 0.0807 e. The number of rotatable bonds is 2. The molecule has 0 amide bonds. The van der Waals surface area contributed by atoms with Crippen LogP contribution in [0.2, 0.25) is 0 Å². The van der Waals surface area contributed by atoms with Gasteiger partial charge in [0.05, 0.1) is 6.10 Å². The lowest BCUT2D eigenvalue weighted by Crippen LogP contribution is -2.01. The largest absolute Gasteiger partial charge is 0.399 e. The molecule has 1 aromatic rings. The first-order valence-corrected chi connectivity index (χ1v) is 3.98. The minimum absolute atomic E-state index is 0.481. The highest BCUT2D eigenvalue weighted by Crippen LogP contribution is 2.24. The summed E-state index contributed by atoms with van der Waals surface area (Å²) >= 11 is 0. The number of benzene rings is 1. The van der Waals surface area contributed by atoms with Crippen LogP contribution >= 0.6 is 0 Å². The van der Waals surface area contributed by atoms with Crippen molar-refractivity contribution in [2.24, 2.45) is 0 Å². The van der Waals surface area contributed by atoms with Crippen LogP contribution in [0.25, 0.3) is 0 Å². The summed E-state index contributed by atoms with van der Waals surface area (Å²) in [6.45, 7) is 1.90. The zero-order valence-electron chi connectivity index (χ0n) is 7.12. The van der Waals surface area contributed by atoms with E-state index in [2.05, 4.69) is 0 Å². The minimum Gasteiger partial charge on any atom is -0.399 e. The first-order valence-electron chi connectivity index (χ1n) is 3.98. The lowest BCUT2D eigenvalue weighted by atomic mass is 10.1. The van der Waals surface area contributed by atoms with Gasteiger partial charge in [-0.15, -0.1) is 0 Å². The van der Waals surface area contributed by atoms with Crippen LogP contribution in [0.5, 0.6) is 0 Å². The van der Waals surface area contributed by atoms with Gasteiger partial charge >= 0.3 is 0 Å². The lowest BCUT2D eigenvalue weighted by molar-refractivity contribution is 0.174. The maximum atomic E-state index is 9.48. The summed E-state index contributed by atoms with van der Waals surface area (Å²) in [6.07, 6.45) is 0.180. The Hall–Kier alpha value is -1.22. The van der Waals surface area contributed by atoms with Gasteiger partial charge in [-0.05, 0) is 18.6 Å². The Bertz CT molecular complexity index is 273. The molecule has 0 saturated heterocycles. The molecule has 0 saturated carbocycles. The van der Waals surface area contributed by atoms with E-state index in [0.717, 1.165) is 5.56 Å². The maximum absolute atomic E-state index is 9.48. The number of hydrogen-bond acceptors (Lipinski definition) is 3. The summed E-state index contributed by atoms with van der Waals surface area (Å²) in [5.74, 6) is 0. The van der Waals surface area contributed by atoms with Gasteiger partial charge in [0.1, 0.15) is 0 Å².